The molecule has 16 heavy (non-hydrogen) atoms. The number of amides is 1. The number of carbonyl (C=O) groups is 1. The Morgan fingerprint density at radius 3 is 2.44 bits per heavy atom. The topological polar surface area (TPSA) is 95.6 Å². The Labute approximate surface area is 93.9 Å². The highest BCUT2D eigenvalue weighted by molar-refractivity contribution is 5.73. The zero-order valence-electron chi connectivity index (χ0n) is 9.05. The monoisotopic (exact) mass is 224 g/mol. The highest BCUT2D eigenvalue weighted by atomic mass is 16.3. The van der Waals surface area contributed by atoms with Crippen molar-refractivity contribution in [3.8, 4) is 0 Å². The van der Waals surface area contributed by atoms with E-state index in [9.17, 15) is 9.90 Å². The molecule has 0 saturated heterocycles. The second kappa shape index (κ2) is 5.48. The molecule has 0 aliphatic heterocycles. The van der Waals surface area contributed by atoms with E-state index in [4.69, 9.17) is 10.8 Å². The number of hydrogen-bond donors (Lipinski definition) is 4. The van der Waals surface area contributed by atoms with E-state index >= 15 is 0 Å². The molecule has 0 spiro atoms. The highest BCUT2D eigenvalue weighted by Crippen LogP contribution is 2.18. The molecule has 0 saturated carbocycles. The largest absolute Gasteiger partial charge is 0.399 e. The molecular weight excluding hydrogens is 208 g/mol. The third kappa shape index (κ3) is 3.22. The van der Waals surface area contributed by atoms with E-state index in [2.05, 4.69) is 5.32 Å². The third-order valence-electron chi connectivity index (χ3n) is 2.24. The first-order chi connectivity index (χ1) is 7.54. The first-order valence-corrected chi connectivity index (χ1v) is 4.96. The van der Waals surface area contributed by atoms with Crippen molar-refractivity contribution in [2.45, 2.75) is 19.1 Å². The number of aliphatic hydroxyl groups excluding tert-OH is 2. The van der Waals surface area contributed by atoms with Crippen LogP contribution in [0.1, 0.15) is 18.6 Å². The summed E-state index contributed by atoms with van der Waals surface area (Å²) >= 11 is 0. The van der Waals surface area contributed by atoms with E-state index in [1.165, 1.54) is 6.92 Å². The molecule has 0 aliphatic rings. The van der Waals surface area contributed by atoms with Crippen LogP contribution in [0, 0.1) is 0 Å². The maximum atomic E-state index is 10.8. The zero-order valence-corrected chi connectivity index (χ0v) is 9.05. The maximum absolute atomic E-state index is 10.8. The molecule has 5 nitrogen and oxygen atoms in total. The molecule has 5 N–H and O–H groups in total. The summed E-state index contributed by atoms with van der Waals surface area (Å²) < 4.78 is 0. The molecule has 1 aromatic carbocycles. The van der Waals surface area contributed by atoms with Crippen molar-refractivity contribution in [1.29, 1.82) is 0 Å². The Hall–Kier alpha value is -1.59. The summed E-state index contributed by atoms with van der Waals surface area (Å²) in [5.41, 5.74) is 6.71. The Bertz CT molecular complexity index is 351. The zero-order chi connectivity index (χ0) is 12.1. The summed E-state index contributed by atoms with van der Waals surface area (Å²) in [6.07, 6.45) is -0.950. The third-order valence-corrected chi connectivity index (χ3v) is 2.24. The first kappa shape index (κ1) is 12.5. The van der Waals surface area contributed by atoms with Gasteiger partial charge in [0.1, 0.15) is 6.10 Å². The minimum Gasteiger partial charge on any atom is -0.399 e. The van der Waals surface area contributed by atoms with Crippen molar-refractivity contribution in [2.75, 3.05) is 12.3 Å². The van der Waals surface area contributed by atoms with E-state index in [-0.39, 0.29) is 12.5 Å². The first-order valence-electron chi connectivity index (χ1n) is 4.96. The molecule has 2 atom stereocenters. The predicted octanol–water partition coefficient (Wildman–Crippen LogP) is -0.201. The lowest BCUT2D eigenvalue weighted by molar-refractivity contribution is -0.121. The van der Waals surface area contributed by atoms with Crippen LogP contribution in [0.15, 0.2) is 24.3 Å². The van der Waals surface area contributed by atoms with Crippen LogP contribution in [0.2, 0.25) is 0 Å². The van der Waals surface area contributed by atoms with Crippen molar-refractivity contribution < 1.29 is 15.0 Å². The minimum absolute atomic E-state index is 0.298. The summed E-state index contributed by atoms with van der Waals surface area (Å²) in [4.78, 5) is 10.8. The Morgan fingerprint density at radius 1 is 1.44 bits per heavy atom. The van der Waals surface area contributed by atoms with Gasteiger partial charge in [0.15, 0.2) is 0 Å². The van der Waals surface area contributed by atoms with Gasteiger partial charge in [0, 0.05) is 12.6 Å². The molecule has 0 radical (unpaired) electrons. The van der Waals surface area contributed by atoms with Crippen LogP contribution in [0.4, 0.5) is 5.69 Å². The number of aliphatic hydroxyl groups is 2. The number of benzene rings is 1. The fourth-order valence-corrected chi connectivity index (χ4v) is 1.41. The maximum Gasteiger partial charge on any atom is 0.217 e. The molecule has 0 heterocycles. The number of hydrogen-bond acceptors (Lipinski definition) is 4. The number of rotatable bonds is 4. The highest BCUT2D eigenvalue weighted by Gasteiger charge is 2.20. The van der Waals surface area contributed by atoms with Crippen LogP contribution in [-0.4, -0.2) is 28.8 Å². The molecule has 0 fully saturated rings. The molecule has 0 aliphatic carbocycles. The Morgan fingerprint density at radius 2 is 2.00 bits per heavy atom. The summed E-state index contributed by atoms with van der Waals surface area (Å²) in [5.74, 6) is -0.298. The van der Waals surface area contributed by atoms with Gasteiger partial charge in [0.2, 0.25) is 5.91 Å². The van der Waals surface area contributed by atoms with Gasteiger partial charge < -0.3 is 21.3 Å². The van der Waals surface area contributed by atoms with Crippen molar-refractivity contribution in [1.82, 2.24) is 5.32 Å². The summed E-state index contributed by atoms with van der Waals surface area (Å²) in [6, 6.07) is 5.91. The van der Waals surface area contributed by atoms with Crippen molar-refractivity contribution in [3.05, 3.63) is 29.8 Å². The second-order valence-corrected chi connectivity index (χ2v) is 3.60. The smallest absolute Gasteiger partial charge is 0.217 e. The number of nitrogens with two attached hydrogens (primary N) is 1. The molecule has 0 aromatic heterocycles. The predicted molar refractivity (Wildman–Crippen MR) is 60.5 cm³/mol. The molecule has 0 unspecified atom stereocenters. The molecule has 0 bridgehead atoms. The Kier molecular flexibility index (Phi) is 4.28. The number of anilines is 1. The SMILES string of the molecule is CC(=O)N[C@H](CO)[C@@H](O)c1ccc(N)cc1. The lowest BCUT2D eigenvalue weighted by Crippen LogP contribution is -2.40. The Balaban J connectivity index is 2.78. The molecule has 1 amide bonds. The van der Waals surface area contributed by atoms with E-state index in [0.29, 0.717) is 11.3 Å². The molecule has 1 rings (SSSR count). The van der Waals surface area contributed by atoms with E-state index < -0.39 is 12.1 Å². The molecule has 88 valence electrons. The minimum atomic E-state index is -0.950. The van der Waals surface area contributed by atoms with Crippen LogP contribution in [0.25, 0.3) is 0 Å². The van der Waals surface area contributed by atoms with Gasteiger partial charge in [0.05, 0.1) is 12.6 Å². The van der Waals surface area contributed by atoms with E-state index in [0.717, 1.165) is 0 Å². The van der Waals surface area contributed by atoms with Gasteiger partial charge in [-0.2, -0.15) is 0 Å². The van der Waals surface area contributed by atoms with E-state index in [1.807, 2.05) is 0 Å². The van der Waals surface area contributed by atoms with Gasteiger partial charge in [-0.05, 0) is 17.7 Å². The van der Waals surface area contributed by atoms with Crippen LogP contribution in [0.5, 0.6) is 0 Å². The molecule has 1 aromatic rings. The molecular formula is C11H16N2O3. The van der Waals surface area contributed by atoms with Gasteiger partial charge in [-0.3, -0.25) is 4.79 Å². The van der Waals surface area contributed by atoms with Crippen LogP contribution >= 0.6 is 0 Å². The van der Waals surface area contributed by atoms with Gasteiger partial charge >= 0.3 is 0 Å². The fourth-order valence-electron chi connectivity index (χ4n) is 1.41. The fraction of sp³-hybridized carbons (Fsp3) is 0.364. The number of nitrogen functional groups attached to an aromatic ring is 1. The van der Waals surface area contributed by atoms with E-state index in [1.54, 1.807) is 24.3 Å². The van der Waals surface area contributed by atoms with Crippen LogP contribution in [-0.2, 0) is 4.79 Å². The van der Waals surface area contributed by atoms with Crippen molar-refractivity contribution in [3.63, 3.8) is 0 Å². The normalized spacial score (nSPS) is 14.2. The van der Waals surface area contributed by atoms with Gasteiger partial charge in [-0.1, -0.05) is 12.1 Å². The van der Waals surface area contributed by atoms with Gasteiger partial charge in [-0.25, -0.2) is 0 Å². The average Bonchev–Trinajstić information content (AvgIpc) is 2.25. The number of carbonyl (C=O) groups excluding carboxylic acids is 1. The average molecular weight is 224 g/mol. The van der Waals surface area contributed by atoms with Crippen molar-refractivity contribution in [2.24, 2.45) is 0 Å². The lowest BCUT2D eigenvalue weighted by atomic mass is 10.0. The quantitative estimate of drug-likeness (QED) is 0.532. The number of nitrogens with one attached hydrogen (secondary N) is 1. The lowest BCUT2D eigenvalue weighted by Gasteiger charge is -2.21. The van der Waals surface area contributed by atoms with Crippen molar-refractivity contribution >= 4 is 11.6 Å². The summed E-state index contributed by atoms with van der Waals surface area (Å²) in [5, 5.41) is 21.4. The standard InChI is InChI=1S/C11H16N2O3/c1-7(15)13-10(6-14)11(16)8-2-4-9(12)5-3-8/h2-5,10-11,14,16H,6,12H2,1H3,(H,13,15)/t10-,11+/m1/s1. The van der Waals surface area contributed by atoms with Gasteiger partial charge in [0.25, 0.3) is 0 Å². The van der Waals surface area contributed by atoms with Crippen LogP contribution < -0.4 is 11.1 Å². The summed E-state index contributed by atoms with van der Waals surface area (Å²) in [6.45, 7) is 1.00. The summed E-state index contributed by atoms with van der Waals surface area (Å²) in [7, 11) is 0. The second-order valence-electron chi connectivity index (χ2n) is 3.60. The van der Waals surface area contributed by atoms with Crippen LogP contribution in [0.3, 0.4) is 0 Å². The molecule has 5 heteroatoms. The van der Waals surface area contributed by atoms with Gasteiger partial charge in [-0.15, -0.1) is 0 Å².